The Kier molecular flexibility index (Phi) is 6.59. The molecule has 0 aliphatic rings. The van der Waals surface area contributed by atoms with E-state index in [1.165, 1.54) is 7.11 Å². The molecule has 0 heterocycles. The van der Waals surface area contributed by atoms with Gasteiger partial charge in [0.05, 0.1) is 7.11 Å². The highest BCUT2D eigenvalue weighted by molar-refractivity contribution is 9.10. The predicted octanol–water partition coefficient (Wildman–Crippen LogP) is 4.26. The van der Waals surface area contributed by atoms with Crippen LogP contribution in [0.15, 0.2) is 53.0 Å². The third-order valence-electron chi connectivity index (χ3n) is 4.16. The first kappa shape index (κ1) is 20.2. The molecule has 0 spiro atoms. The van der Waals surface area contributed by atoms with E-state index in [0.717, 1.165) is 15.6 Å². The van der Waals surface area contributed by atoms with E-state index in [-0.39, 0.29) is 11.3 Å². The molecule has 2 aromatic carbocycles. The molecule has 1 N–H and O–H groups in total. The molecule has 0 radical (unpaired) electrons. The molecule has 0 saturated heterocycles. The molecule has 0 bridgehead atoms. The van der Waals surface area contributed by atoms with Crippen molar-refractivity contribution in [3.63, 3.8) is 0 Å². The van der Waals surface area contributed by atoms with Gasteiger partial charge in [0.25, 0.3) is 5.91 Å². The van der Waals surface area contributed by atoms with Gasteiger partial charge in [0, 0.05) is 16.5 Å². The third kappa shape index (κ3) is 5.43. The minimum Gasteiger partial charge on any atom is -0.467 e. The maximum atomic E-state index is 12.6. The van der Waals surface area contributed by atoms with Gasteiger partial charge in [-0.1, -0.05) is 61.0 Å². The average Bonchev–Trinajstić information content (AvgIpc) is 2.61. The zero-order chi connectivity index (χ0) is 19.3. The van der Waals surface area contributed by atoms with Crippen LogP contribution in [0.5, 0.6) is 0 Å². The van der Waals surface area contributed by atoms with Crippen molar-refractivity contribution in [2.45, 2.75) is 38.6 Å². The Bertz CT molecular complexity index is 761. The minimum atomic E-state index is -0.740. The van der Waals surface area contributed by atoms with Crippen LogP contribution in [0.25, 0.3) is 0 Å². The van der Waals surface area contributed by atoms with Gasteiger partial charge in [-0.05, 0) is 40.8 Å². The van der Waals surface area contributed by atoms with E-state index in [1.54, 1.807) is 12.1 Å². The normalized spacial score (nSPS) is 12.3. The SMILES string of the molecule is COC(=O)[C@@H](Cc1ccc(Br)cc1)NC(=O)c1ccc(C(C)(C)C)cc1. The highest BCUT2D eigenvalue weighted by Crippen LogP contribution is 2.22. The fraction of sp³-hybridized carbons (Fsp3) is 0.333. The first-order valence-electron chi connectivity index (χ1n) is 8.44. The molecule has 0 fully saturated rings. The van der Waals surface area contributed by atoms with Crippen molar-refractivity contribution in [2.75, 3.05) is 7.11 Å². The number of ether oxygens (including phenoxy) is 1. The number of carbonyl (C=O) groups is 2. The fourth-order valence-electron chi connectivity index (χ4n) is 2.55. The number of carbonyl (C=O) groups excluding carboxylic acids is 2. The molecule has 4 nitrogen and oxygen atoms in total. The average molecular weight is 418 g/mol. The van der Waals surface area contributed by atoms with Crippen molar-refractivity contribution >= 4 is 27.8 Å². The molecular weight excluding hydrogens is 394 g/mol. The maximum absolute atomic E-state index is 12.6. The lowest BCUT2D eigenvalue weighted by molar-refractivity contribution is -0.142. The molecule has 2 rings (SSSR count). The summed E-state index contributed by atoms with van der Waals surface area (Å²) in [5.74, 6) is -0.759. The lowest BCUT2D eigenvalue weighted by Gasteiger charge is -2.20. The van der Waals surface area contributed by atoms with E-state index in [0.29, 0.717) is 12.0 Å². The molecule has 138 valence electrons. The first-order chi connectivity index (χ1) is 12.2. The molecular formula is C21H24BrNO3. The standard InChI is InChI=1S/C21H24BrNO3/c1-21(2,3)16-9-7-15(8-10-16)19(24)23-18(20(25)26-4)13-14-5-11-17(22)12-6-14/h5-12,18H,13H2,1-4H3,(H,23,24)/t18-/m1/s1. The number of amides is 1. The van der Waals surface area contributed by atoms with Gasteiger partial charge in [0.2, 0.25) is 0 Å². The molecule has 0 aliphatic carbocycles. The number of methoxy groups -OCH3 is 1. The maximum Gasteiger partial charge on any atom is 0.328 e. The van der Waals surface area contributed by atoms with Crippen LogP contribution in [-0.2, 0) is 21.4 Å². The number of esters is 1. The molecule has 1 atom stereocenters. The number of halogens is 1. The summed E-state index contributed by atoms with van der Waals surface area (Å²) in [6, 6.07) is 14.3. The lowest BCUT2D eigenvalue weighted by atomic mass is 9.86. The number of rotatable bonds is 5. The predicted molar refractivity (Wildman–Crippen MR) is 106 cm³/mol. The van der Waals surface area contributed by atoms with E-state index >= 15 is 0 Å². The first-order valence-corrected chi connectivity index (χ1v) is 9.23. The molecule has 26 heavy (non-hydrogen) atoms. The molecule has 0 aliphatic heterocycles. The largest absolute Gasteiger partial charge is 0.467 e. The van der Waals surface area contributed by atoms with Gasteiger partial charge in [0.15, 0.2) is 0 Å². The van der Waals surface area contributed by atoms with Gasteiger partial charge in [0.1, 0.15) is 6.04 Å². The summed E-state index contributed by atoms with van der Waals surface area (Å²) in [6.07, 6.45) is 0.367. The van der Waals surface area contributed by atoms with Gasteiger partial charge < -0.3 is 10.1 Å². The molecule has 1 amide bonds. The second kappa shape index (κ2) is 8.49. The quantitative estimate of drug-likeness (QED) is 0.739. The van der Waals surface area contributed by atoms with Crippen LogP contribution in [0, 0.1) is 0 Å². The van der Waals surface area contributed by atoms with Crippen LogP contribution in [0.1, 0.15) is 42.3 Å². The van der Waals surface area contributed by atoms with Crippen molar-refractivity contribution in [2.24, 2.45) is 0 Å². The number of nitrogens with one attached hydrogen (secondary N) is 1. The number of hydrogen-bond donors (Lipinski definition) is 1. The molecule has 0 unspecified atom stereocenters. The minimum absolute atomic E-state index is 0.0190. The van der Waals surface area contributed by atoms with Gasteiger partial charge in [-0.3, -0.25) is 4.79 Å². The lowest BCUT2D eigenvalue weighted by Crippen LogP contribution is -2.43. The Labute approximate surface area is 163 Å². The van der Waals surface area contributed by atoms with Crippen LogP contribution >= 0.6 is 15.9 Å². The van der Waals surface area contributed by atoms with E-state index < -0.39 is 12.0 Å². The third-order valence-corrected chi connectivity index (χ3v) is 4.69. The van der Waals surface area contributed by atoms with Crippen LogP contribution < -0.4 is 5.32 Å². The van der Waals surface area contributed by atoms with Gasteiger partial charge in [-0.15, -0.1) is 0 Å². The van der Waals surface area contributed by atoms with Crippen LogP contribution in [0.2, 0.25) is 0 Å². The Balaban J connectivity index is 2.13. The summed E-state index contributed by atoms with van der Waals surface area (Å²) in [5.41, 5.74) is 2.62. The van der Waals surface area contributed by atoms with Crippen LogP contribution in [0.4, 0.5) is 0 Å². The summed E-state index contributed by atoms with van der Waals surface area (Å²) < 4.78 is 5.80. The topological polar surface area (TPSA) is 55.4 Å². The molecule has 5 heteroatoms. The Morgan fingerprint density at radius 2 is 1.62 bits per heavy atom. The smallest absolute Gasteiger partial charge is 0.328 e. The number of hydrogen-bond acceptors (Lipinski definition) is 3. The highest BCUT2D eigenvalue weighted by atomic mass is 79.9. The van der Waals surface area contributed by atoms with E-state index in [4.69, 9.17) is 4.74 Å². The number of benzene rings is 2. The zero-order valence-electron chi connectivity index (χ0n) is 15.5. The summed E-state index contributed by atoms with van der Waals surface area (Å²) in [6.45, 7) is 6.36. The summed E-state index contributed by atoms with van der Waals surface area (Å²) in [5, 5.41) is 2.78. The van der Waals surface area contributed by atoms with Crippen LogP contribution in [-0.4, -0.2) is 25.0 Å². The Hall–Kier alpha value is -2.14. The van der Waals surface area contributed by atoms with E-state index in [2.05, 4.69) is 42.0 Å². The van der Waals surface area contributed by atoms with Gasteiger partial charge in [-0.2, -0.15) is 0 Å². The van der Waals surface area contributed by atoms with Crippen molar-refractivity contribution in [1.29, 1.82) is 0 Å². The summed E-state index contributed by atoms with van der Waals surface area (Å²) in [4.78, 5) is 24.6. The van der Waals surface area contributed by atoms with Gasteiger partial charge >= 0.3 is 5.97 Å². The fourth-order valence-corrected chi connectivity index (χ4v) is 2.82. The summed E-state index contributed by atoms with van der Waals surface area (Å²) >= 11 is 3.38. The van der Waals surface area contributed by atoms with Crippen molar-refractivity contribution in [1.82, 2.24) is 5.32 Å². The van der Waals surface area contributed by atoms with E-state index in [9.17, 15) is 9.59 Å². The van der Waals surface area contributed by atoms with E-state index in [1.807, 2.05) is 36.4 Å². The molecule has 0 aromatic heterocycles. The second-order valence-corrected chi connectivity index (χ2v) is 8.12. The molecule has 0 saturated carbocycles. The monoisotopic (exact) mass is 417 g/mol. The van der Waals surface area contributed by atoms with Crippen LogP contribution in [0.3, 0.4) is 0 Å². The van der Waals surface area contributed by atoms with Crippen molar-refractivity contribution < 1.29 is 14.3 Å². The second-order valence-electron chi connectivity index (χ2n) is 7.21. The molecule has 2 aromatic rings. The summed E-state index contributed by atoms with van der Waals surface area (Å²) in [7, 11) is 1.32. The Morgan fingerprint density at radius 3 is 2.12 bits per heavy atom. The highest BCUT2D eigenvalue weighted by Gasteiger charge is 2.23. The van der Waals surface area contributed by atoms with Crippen molar-refractivity contribution in [3.8, 4) is 0 Å². The zero-order valence-corrected chi connectivity index (χ0v) is 17.1. The van der Waals surface area contributed by atoms with Crippen molar-refractivity contribution in [3.05, 3.63) is 69.7 Å². The van der Waals surface area contributed by atoms with Gasteiger partial charge in [-0.25, -0.2) is 4.79 Å². The Morgan fingerprint density at radius 1 is 1.04 bits per heavy atom.